The highest BCUT2D eigenvalue weighted by Crippen LogP contribution is 2.16. The lowest BCUT2D eigenvalue weighted by Crippen LogP contribution is -2.31. The van der Waals surface area contributed by atoms with Crippen LogP contribution in [0.25, 0.3) is 0 Å². The van der Waals surface area contributed by atoms with E-state index in [0.29, 0.717) is 6.61 Å². The van der Waals surface area contributed by atoms with Gasteiger partial charge < -0.3 is 9.84 Å². The molecule has 0 spiro atoms. The third kappa shape index (κ3) is 6.25. The maximum Gasteiger partial charge on any atom is 0.317 e. The first-order valence-corrected chi connectivity index (χ1v) is 6.66. The molecule has 0 aliphatic heterocycles. The summed E-state index contributed by atoms with van der Waals surface area (Å²) in [5, 5.41) is 8.74. The van der Waals surface area contributed by atoms with E-state index in [1.807, 2.05) is 37.8 Å². The van der Waals surface area contributed by atoms with Crippen LogP contribution >= 0.6 is 0 Å². The van der Waals surface area contributed by atoms with Crippen LogP contribution in [0.4, 0.5) is 0 Å². The first kappa shape index (κ1) is 15.5. The van der Waals surface area contributed by atoms with Crippen molar-refractivity contribution in [3.05, 3.63) is 29.3 Å². The molecule has 0 heterocycles. The number of hydrogen-bond donors (Lipinski definition) is 1. The number of carboxylic acid groups (broad SMARTS) is 1. The molecule has 1 rings (SSSR count). The van der Waals surface area contributed by atoms with Gasteiger partial charge in [-0.2, -0.15) is 0 Å². The average Bonchev–Trinajstić information content (AvgIpc) is 2.31. The Bertz CT molecular complexity index is 398. The molecule has 0 unspecified atom stereocenters. The fourth-order valence-electron chi connectivity index (χ4n) is 2.03. The van der Waals surface area contributed by atoms with Crippen LogP contribution in [0, 0.1) is 13.8 Å². The number of aliphatic carboxylic acids is 1. The van der Waals surface area contributed by atoms with Gasteiger partial charge in [-0.15, -0.1) is 0 Å². The molecule has 1 aromatic carbocycles. The predicted molar refractivity (Wildman–Crippen MR) is 75.8 cm³/mol. The first-order chi connectivity index (χ1) is 9.01. The highest BCUT2D eigenvalue weighted by molar-refractivity contribution is 5.69. The molecule has 19 heavy (non-hydrogen) atoms. The average molecular weight is 265 g/mol. The van der Waals surface area contributed by atoms with E-state index in [2.05, 4.69) is 6.07 Å². The number of carboxylic acids is 1. The second-order valence-electron chi connectivity index (χ2n) is 4.79. The van der Waals surface area contributed by atoms with Crippen molar-refractivity contribution in [3.8, 4) is 5.75 Å². The molecule has 106 valence electrons. The maximum atomic E-state index is 10.6. The standard InChI is InChI=1S/C15H23NO3/c1-4-16(11-15(17)18)6-5-7-19-14-9-12(2)8-13(3)10-14/h8-10H,4-7,11H2,1-3H3,(H,17,18). The van der Waals surface area contributed by atoms with Crippen LogP contribution in [0.5, 0.6) is 5.75 Å². The molecule has 0 aromatic heterocycles. The lowest BCUT2D eigenvalue weighted by molar-refractivity contribution is -0.138. The Morgan fingerprint density at radius 2 is 1.89 bits per heavy atom. The van der Waals surface area contributed by atoms with Gasteiger partial charge in [0.1, 0.15) is 5.75 Å². The molecule has 0 radical (unpaired) electrons. The molecule has 4 heteroatoms. The van der Waals surface area contributed by atoms with E-state index in [4.69, 9.17) is 9.84 Å². The number of nitrogens with zero attached hydrogens (tertiary/aromatic N) is 1. The Balaban J connectivity index is 2.31. The molecule has 1 aromatic rings. The zero-order chi connectivity index (χ0) is 14.3. The lowest BCUT2D eigenvalue weighted by atomic mass is 10.1. The Kier molecular flexibility index (Phi) is 6.36. The third-order valence-corrected chi connectivity index (χ3v) is 2.89. The summed E-state index contributed by atoms with van der Waals surface area (Å²) in [6.07, 6.45) is 0.827. The lowest BCUT2D eigenvalue weighted by Gasteiger charge is -2.17. The van der Waals surface area contributed by atoms with Crippen LogP contribution in [-0.4, -0.2) is 42.2 Å². The van der Waals surface area contributed by atoms with Crippen LogP contribution in [-0.2, 0) is 4.79 Å². The summed E-state index contributed by atoms with van der Waals surface area (Å²) < 4.78 is 5.69. The smallest absolute Gasteiger partial charge is 0.317 e. The summed E-state index contributed by atoms with van der Waals surface area (Å²) in [5.41, 5.74) is 2.38. The monoisotopic (exact) mass is 265 g/mol. The Morgan fingerprint density at radius 1 is 1.26 bits per heavy atom. The van der Waals surface area contributed by atoms with Crippen molar-refractivity contribution >= 4 is 5.97 Å². The second-order valence-corrected chi connectivity index (χ2v) is 4.79. The highest BCUT2D eigenvalue weighted by atomic mass is 16.5. The fraction of sp³-hybridized carbons (Fsp3) is 0.533. The van der Waals surface area contributed by atoms with Crippen molar-refractivity contribution in [2.75, 3.05) is 26.2 Å². The molecule has 0 bridgehead atoms. The molecule has 0 aliphatic carbocycles. The largest absolute Gasteiger partial charge is 0.494 e. The molecule has 1 N–H and O–H groups in total. The highest BCUT2D eigenvalue weighted by Gasteiger charge is 2.06. The SMILES string of the molecule is CCN(CCCOc1cc(C)cc(C)c1)CC(=O)O. The summed E-state index contributed by atoms with van der Waals surface area (Å²) in [5.74, 6) is 0.107. The van der Waals surface area contributed by atoms with E-state index in [1.54, 1.807) is 0 Å². The number of aryl methyl sites for hydroxylation is 2. The van der Waals surface area contributed by atoms with Crippen LogP contribution in [0.15, 0.2) is 18.2 Å². The molecular weight excluding hydrogens is 242 g/mol. The number of likely N-dealkylation sites (N-methyl/N-ethyl adjacent to an activating group) is 1. The van der Waals surface area contributed by atoms with E-state index in [9.17, 15) is 4.79 Å². The van der Waals surface area contributed by atoms with Gasteiger partial charge in [0.2, 0.25) is 0 Å². The van der Waals surface area contributed by atoms with Crippen molar-refractivity contribution in [1.82, 2.24) is 4.90 Å². The topological polar surface area (TPSA) is 49.8 Å². The van der Waals surface area contributed by atoms with Gasteiger partial charge in [-0.3, -0.25) is 9.69 Å². The first-order valence-electron chi connectivity index (χ1n) is 6.66. The van der Waals surface area contributed by atoms with E-state index in [1.165, 1.54) is 11.1 Å². The van der Waals surface area contributed by atoms with E-state index in [-0.39, 0.29) is 6.54 Å². The van der Waals surface area contributed by atoms with Crippen LogP contribution in [0.1, 0.15) is 24.5 Å². The van der Waals surface area contributed by atoms with Crippen molar-refractivity contribution in [2.24, 2.45) is 0 Å². The Hall–Kier alpha value is -1.55. The van der Waals surface area contributed by atoms with E-state index in [0.717, 1.165) is 25.3 Å². The fourth-order valence-corrected chi connectivity index (χ4v) is 2.03. The number of carbonyl (C=O) groups is 1. The normalized spacial score (nSPS) is 10.7. The molecule has 0 aliphatic rings. The molecule has 4 nitrogen and oxygen atoms in total. The molecular formula is C15H23NO3. The summed E-state index contributed by atoms with van der Waals surface area (Å²) in [7, 11) is 0. The van der Waals surface area contributed by atoms with Gasteiger partial charge in [0.25, 0.3) is 0 Å². The van der Waals surface area contributed by atoms with Crippen molar-refractivity contribution in [1.29, 1.82) is 0 Å². The Labute approximate surface area is 115 Å². The summed E-state index contributed by atoms with van der Waals surface area (Å²) in [4.78, 5) is 12.5. The second kappa shape index (κ2) is 7.79. The van der Waals surface area contributed by atoms with E-state index >= 15 is 0 Å². The van der Waals surface area contributed by atoms with E-state index < -0.39 is 5.97 Å². The van der Waals surface area contributed by atoms with Crippen molar-refractivity contribution in [3.63, 3.8) is 0 Å². The molecule has 0 amide bonds. The predicted octanol–water partition coefficient (Wildman–Crippen LogP) is 2.48. The zero-order valence-electron chi connectivity index (χ0n) is 12.0. The van der Waals surface area contributed by atoms with Gasteiger partial charge in [0, 0.05) is 6.54 Å². The van der Waals surface area contributed by atoms with Gasteiger partial charge in [-0.05, 0) is 50.1 Å². The van der Waals surface area contributed by atoms with Crippen LogP contribution in [0.2, 0.25) is 0 Å². The van der Waals surface area contributed by atoms with Gasteiger partial charge in [0.05, 0.1) is 13.2 Å². The van der Waals surface area contributed by atoms with Crippen molar-refractivity contribution in [2.45, 2.75) is 27.2 Å². The molecule has 0 saturated carbocycles. The summed E-state index contributed by atoms with van der Waals surface area (Å²) in [6.45, 7) is 8.26. The van der Waals surface area contributed by atoms with Crippen LogP contribution in [0.3, 0.4) is 0 Å². The Morgan fingerprint density at radius 3 is 2.42 bits per heavy atom. The minimum absolute atomic E-state index is 0.0973. The zero-order valence-corrected chi connectivity index (χ0v) is 12.0. The molecule has 0 saturated heterocycles. The van der Waals surface area contributed by atoms with Crippen LogP contribution < -0.4 is 4.74 Å². The number of ether oxygens (including phenoxy) is 1. The third-order valence-electron chi connectivity index (χ3n) is 2.89. The van der Waals surface area contributed by atoms with Gasteiger partial charge >= 0.3 is 5.97 Å². The van der Waals surface area contributed by atoms with Crippen molar-refractivity contribution < 1.29 is 14.6 Å². The number of rotatable bonds is 8. The summed E-state index contributed by atoms with van der Waals surface area (Å²) >= 11 is 0. The number of hydrogen-bond acceptors (Lipinski definition) is 3. The van der Waals surface area contributed by atoms with Gasteiger partial charge in [-0.25, -0.2) is 0 Å². The maximum absolute atomic E-state index is 10.6. The quantitative estimate of drug-likeness (QED) is 0.734. The minimum atomic E-state index is -0.780. The molecule has 0 atom stereocenters. The molecule has 0 fully saturated rings. The summed E-state index contributed by atoms with van der Waals surface area (Å²) in [6, 6.07) is 6.14. The van der Waals surface area contributed by atoms with Gasteiger partial charge in [-0.1, -0.05) is 13.0 Å². The number of benzene rings is 1. The minimum Gasteiger partial charge on any atom is -0.494 e. The van der Waals surface area contributed by atoms with Gasteiger partial charge in [0.15, 0.2) is 0 Å².